The Balaban J connectivity index is 2.53. The minimum Gasteiger partial charge on any atom is -0.490 e. The van der Waals surface area contributed by atoms with Gasteiger partial charge in [0.1, 0.15) is 0 Å². The molecule has 0 saturated carbocycles. The smallest absolute Gasteiger partial charge is 0.307 e. The van der Waals surface area contributed by atoms with Gasteiger partial charge in [0.25, 0.3) is 0 Å². The predicted octanol–water partition coefficient (Wildman–Crippen LogP) is 2.36. The molecule has 2 aromatic rings. The molecule has 0 radical (unpaired) electrons. The van der Waals surface area contributed by atoms with Crippen molar-refractivity contribution in [3.8, 4) is 11.5 Å². The van der Waals surface area contributed by atoms with Crippen LogP contribution in [0.1, 0.15) is 20.3 Å². The summed E-state index contributed by atoms with van der Waals surface area (Å²) in [6.07, 6.45) is 1.90. The molecular formula is C17H21NO5. The monoisotopic (exact) mass is 319 g/mol. The second-order valence-corrected chi connectivity index (χ2v) is 4.88. The first-order valence-electron chi connectivity index (χ1n) is 7.60. The van der Waals surface area contributed by atoms with Crippen molar-refractivity contribution in [2.45, 2.75) is 26.8 Å². The molecule has 6 nitrogen and oxygen atoms in total. The first kappa shape index (κ1) is 16.9. The lowest BCUT2D eigenvalue weighted by atomic mass is 10.1. The number of nitrogens with zero attached hydrogens (tertiary/aromatic N) is 1. The fourth-order valence-electron chi connectivity index (χ4n) is 2.36. The summed E-state index contributed by atoms with van der Waals surface area (Å²) in [5.74, 6) is 0.830. The van der Waals surface area contributed by atoms with E-state index in [0.717, 1.165) is 0 Å². The predicted molar refractivity (Wildman–Crippen MR) is 87.2 cm³/mol. The Labute approximate surface area is 134 Å². The van der Waals surface area contributed by atoms with Crippen LogP contribution in [-0.4, -0.2) is 30.9 Å². The maximum Gasteiger partial charge on any atom is 0.307 e. The standard InChI is InChI=1S/C17H21NO5/c1-4-22-15-10-12-13(11-16(15)23-5-2)18(8-6-14(12)19)9-7-17(20)21-3/h6,8,10-11H,4-5,7,9H2,1-3H3. The van der Waals surface area contributed by atoms with E-state index in [2.05, 4.69) is 4.74 Å². The van der Waals surface area contributed by atoms with Crippen molar-refractivity contribution in [2.24, 2.45) is 0 Å². The lowest BCUT2D eigenvalue weighted by molar-refractivity contribution is -0.140. The number of rotatable bonds is 7. The SMILES string of the molecule is CCOc1cc2c(=O)ccn(CCC(=O)OC)c2cc1OCC. The van der Waals surface area contributed by atoms with Crippen molar-refractivity contribution in [3.63, 3.8) is 0 Å². The highest BCUT2D eigenvalue weighted by Gasteiger charge is 2.12. The fraction of sp³-hybridized carbons (Fsp3) is 0.412. The molecule has 0 N–H and O–H groups in total. The molecule has 0 atom stereocenters. The Morgan fingerprint density at radius 3 is 2.39 bits per heavy atom. The van der Waals surface area contributed by atoms with Crippen molar-refractivity contribution < 1.29 is 19.0 Å². The van der Waals surface area contributed by atoms with Crippen LogP contribution in [0.2, 0.25) is 0 Å². The number of hydrogen-bond acceptors (Lipinski definition) is 5. The average molecular weight is 319 g/mol. The molecule has 0 unspecified atom stereocenters. The van der Waals surface area contributed by atoms with Gasteiger partial charge in [-0.3, -0.25) is 9.59 Å². The molecular weight excluding hydrogens is 298 g/mol. The van der Waals surface area contributed by atoms with Gasteiger partial charge in [0.2, 0.25) is 0 Å². The summed E-state index contributed by atoms with van der Waals surface area (Å²) >= 11 is 0. The van der Waals surface area contributed by atoms with E-state index in [1.165, 1.54) is 13.2 Å². The molecule has 0 fully saturated rings. The molecule has 0 aliphatic rings. The van der Waals surface area contributed by atoms with Crippen LogP contribution in [-0.2, 0) is 16.1 Å². The maximum atomic E-state index is 12.1. The summed E-state index contributed by atoms with van der Waals surface area (Å²) in [7, 11) is 1.35. The summed E-state index contributed by atoms with van der Waals surface area (Å²) < 4.78 is 17.7. The number of fused-ring (bicyclic) bond motifs is 1. The van der Waals surface area contributed by atoms with Gasteiger partial charge in [0.15, 0.2) is 16.9 Å². The third kappa shape index (κ3) is 3.83. The molecule has 1 heterocycles. The summed E-state index contributed by atoms with van der Waals surface area (Å²) in [5.41, 5.74) is 0.603. The second kappa shape index (κ2) is 7.67. The number of benzene rings is 1. The largest absolute Gasteiger partial charge is 0.490 e. The molecule has 0 amide bonds. The third-order valence-corrected chi connectivity index (χ3v) is 3.43. The number of carbonyl (C=O) groups excluding carboxylic acids is 1. The summed E-state index contributed by atoms with van der Waals surface area (Å²) in [5, 5.41) is 0.532. The van der Waals surface area contributed by atoms with E-state index >= 15 is 0 Å². The number of hydrogen-bond donors (Lipinski definition) is 0. The fourth-order valence-corrected chi connectivity index (χ4v) is 2.36. The summed E-state index contributed by atoms with van der Waals surface area (Å²) in [6, 6.07) is 4.96. The highest BCUT2D eigenvalue weighted by atomic mass is 16.5. The van der Waals surface area contributed by atoms with Crippen molar-refractivity contribution >= 4 is 16.9 Å². The van der Waals surface area contributed by atoms with Crippen LogP contribution in [0, 0.1) is 0 Å². The van der Waals surface area contributed by atoms with Crippen LogP contribution < -0.4 is 14.9 Å². The van der Waals surface area contributed by atoms with Gasteiger partial charge in [-0.25, -0.2) is 0 Å². The first-order valence-corrected chi connectivity index (χ1v) is 7.60. The minimum absolute atomic E-state index is 0.0988. The van der Waals surface area contributed by atoms with Gasteiger partial charge in [-0.1, -0.05) is 0 Å². The molecule has 1 aromatic carbocycles. The molecule has 0 aliphatic heterocycles. The van der Waals surface area contributed by atoms with Gasteiger partial charge in [-0.05, 0) is 19.9 Å². The van der Waals surface area contributed by atoms with Crippen LogP contribution in [0.25, 0.3) is 10.9 Å². The van der Waals surface area contributed by atoms with E-state index in [1.807, 2.05) is 18.4 Å². The Morgan fingerprint density at radius 1 is 1.13 bits per heavy atom. The molecule has 2 rings (SSSR count). The van der Waals surface area contributed by atoms with Crippen molar-refractivity contribution in [1.82, 2.24) is 4.57 Å². The normalized spacial score (nSPS) is 10.6. The number of ether oxygens (including phenoxy) is 3. The molecule has 0 bridgehead atoms. The van der Waals surface area contributed by atoms with Crippen LogP contribution in [0.4, 0.5) is 0 Å². The topological polar surface area (TPSA) is 66.8 Å². The molecule has 1 aromatic heterocycles. The maximum absolute atomic E-state index is 12.1. The van der Waals surface area contributed by atoms with Crippen molar-refractivity contribution in [3.05, 3.63) is 34.6 Å². The molecule has 0 spiro atoms. The molecule has 0 aliphatic carbocycles. The van der Waals surface area contributed by atoms with Gasteiger partial charge in [-0.2, -0.15) is 0 Å². The van der Waals surface area contributed by atoms with Crippen LogP contribution in [0.3, 0.4) is 0 Å². The van der Waals surface area contributed by atoms with Gasteiger partial charge in [0.05, 0.1) is 32.3 Å². The van der Waals surface area contributed by atoms with Crippen LogP contribution >= 0.6 is 0 Å². The molecule has 6 heteroatoms. The van der Waals surface area contributed by atoms with Gasteiger partial charge in [0, 0.05) is 30.3 Å². The number of aryl methyl sites for hydroxylation is 1. The summed E-state index contributed by atoms with van der Waals surface area (Å²) in [4.78, 5) is 23.5. The lowest BCUT2D eigenvalue weighted by Gasteiger charge is -2.15. The quantitative estimate of drug-likeness (QED) is 0.733. The minimum atomic E-state index is -0.298. The van der Waals surface area contributed by atoms with E-state index < -0.39 is 0 Å². The Morgan fingerprint density at radius 2 is 1.78 bits per heavy atom. The average Bonchev–Trinajstić information content (AvgIpc) is 2.55. The Hall–Kier alpha value is -2.50. The van der Waals surface area contributed by atoms with Gasteiger partial charge < -0.3 is 18.8 Å². The van der Waals surface area contributed by atoms with E-state index in [0.29, 0.717) is 42.2 Å². The Bertz CT molecular complexity index is 750. The molecule has 124 valence electrons. The third-order valence-electron chi connectivity index (χ3n) is 3.43. The number of aromatic nitrogens is 1. The first-order chi connectivity index (χ1) is 11.1. The number of esters is 1. The summed E-state index contributed by atoms with van der Waals surface area (Å²) in [6.45, 7) is 5.15. The van der Waals surface area contributed by atoms with Crippen LogP contribution in [0.15, 0.2) is 29.2 Å². The number of pyridine rings is 1. The Kier molecular flexibility index (Phi) is 5.62. The van der Waals surface area contributed by atoms with E-state index in [-0.39, 0.29) is 17.8 Å². The van der Waals surface area contributed by atoms with Crippen molar-refractivity contribution in [2.75, 3.05) is 20.3 Å². The zero-order valence-corrected chi connectivity index (χ0v) is 13.6. The van der Waals surface area contributed by atoms with E-state index in [1.54, 1.807) is 18.3 Å². The second-order valence-electron chi connectivity index (χ2n) is 4.88. The van der Waals surface area contributed by atoms with E-state index in [9.17, 15) is 9.59 Å². The van der Waals surface area contributed by atoms with Crippen LogP contribution in [0.5, 0.6) is 11.5 Å². The zero-order chi connectivity index (χ0) is 16.8. The van der Waals surface area contributed by atoms with Crippen molar-refractivity contribution in [1.29, 1.82) is 0 Å². The number of carbonyl (C=O) groups is 1. The molecule has 0 saturated heterocycles. The zero-order valence-electron chi connectivity index (χ0n) is 13.6. The van der Waals surface area contributed by atoms with Gasteiger partial charge in [-0.15, -0.1) is 0 Å². The molecule has 23 heavy (non-hydrogen) atoms. The highest BCUT2D eigenvalue weighted by Crippen LogP contribution is 2.31. The number of methoxy groups -OCH3 is 1. The van der Waals surface area contributed by atoms with E-state index in [4.69, 9.17) is 9.47 Å². The highest BCUT2D eigenvalue weighted by molar-refractivity contribution is 5.83. The van der Waals surface area contributed by atoms with Gasteiger partial charge >= 0.3 is 5.97 Å². The lowest BCUT2D eigenvalue weighted by Crippen LogP contribution is -2.12.